The number of hydrogen-bond donors (Lipinski definition) is 0. The van der Waals surface area contributed by atoms with Crippen molar-refractivity contribution in [2.24, 2.45) is 11.8 Å². The van der Waals surface area contributed by atoms with Crippen LogP contribution in [0.1, 0.15) is 46.6 Å². The molecule has 0 aliphatic carbocycles. The molecule has 2 unspecified atom stereocenters. The van der Waals surface area contributed by atoms with Crippen molar-refractivity contribution in [3.63, 3.8) is 0 Å². The zero-order valence-electron chi connectivity index (χ0n) is 15.4. The Morgan fingerprint density at radius 3 is 2.33 bits per heavy atom. The molecule has 3 aliphatic heterocycles. The Morgan fingerprint density at radius 1 is 1.38 bits per heavy atom. The van der Waals surface area contributed by atoms with Crippen LogP contribution in [-0.4, -0.2) is 29.0 Å². The van der Waals surface area contributed by atoms with Gasteiger partial charge in [-0.25, -0.2) is 9.69 Å². The molecule has 2 atom stereocenters. The minimum absolute atomic E-state index is 0.0347. The second-order valence-corrected chi connectivity index (χ2v) is 8.57. The summed E-state index contributed by atoms with van der Waals surface area (Å²) in [5, 5.41) is 0. The average molecular weight is 349 g/mol. The molecule has 3 heterocycles. The smallest absolute Gasteiger partial charge is 0.417 e. The first-order valence-corrected chi connectivity index (χ1v) is 9.27. The number of imide groups is 1. The third-order valence-corrected chi connectivity index (χ3v) is 5.33. The van der Waals surface area contributed by atoms with Gasteiger partial charge in [0.2, 0.25) is 5.91 Å². The minimum atomic E-state index is -0.551. The summed E-state index contributed by atoms with van der Waals surface area (Å²) >= 11 is 1.88. The molecule has 0 saturated carbocycles. The van der Waals surface area contributed by atoms with E-state index in [2.05, 4.69) is 25.1 Å². The Kier molecular flexibility index (Phi) is 5.63. The summed E-state index contributed by atoms with van der Waals surface area (Å²) in [6.07, 6.45) is 0.263. The monoisotopic (exact) mass is 349 g/mol. The number of hydrogen-bond acceptors (Lipinski definition) is 4. The van der Waals surface area contributed by atoms with Gasteiger partial charge < -0.3 is 4.74 Å². The van der Waals surface area contributed by atoms with E-state index in [0.29, 0.717) is 6.54 Å². The van der Waals surface area contributed by atoms with E-state index in [9.17, 15) is 9.59 Å². The number of aryl methyl sites for hydroxylation is 1. The number of likely N-dealkylation sites (tertiary alicyclic amines) is 1. The van der Waals surface area contributed by atoms with Crippen LogP contribution in [0.25, 0.3) is 0 Å². The molecule has 0 radical (unpaired) electrons. The van der Waals surface area contributed by atoms with Gasteiger partial charge in [-0.15, -0.1) is 0 Å². The Morgan fingerprint density at radius 2 is 2.00 bits per heavy atom. The largest absolute Gasteiger partial charge is 0.443 e. The molecule has 0 N–H and O–H groups in total. The highest BCUT2D eigenvalue weighted by molar-refractivity contribution is 8.00. The van der Waals surface area contributed by atoms with Crippen LogP contribution >= 0.6 is 11.8 Å². The maximum Gasteiger partial charge on any atom is 0.417 e. The van der Waals surface area contributed by atoms with E-state index in [-0.39, 0.29) is 17.7 Å². The van der Waals surface area contributed by atoms with Crippen LogP contribution in [-0.2, 0) is 9.53 Å². The minimum Gasteiger partial charge on any atom is -0.443 e. The fourth-order valence-corrected chi connectivity index (χ4v) is 3.63. The number of amides is 2. The summed E-state index contributed by atoms with van der Waals surface area (Å²) < 4.78 is 5.20. The van der Waals surface area contributed by atoms with E-state index in [0.717, 1.165) is 6.42 Å². The van der Waals surface area contributed by atoms with Gasteiger partial charge in [-0.3, -0.25) is 4.79 Å². The molecule has 132 valence electrons. The van der Waals surface area contributed by atoms with Crippen LogP contribution in [0.2, 0.25) is 0 Å². The van der Waals surface area contributed by atoms with Crippen molar-refractivity contribution in [1.29, 1.82) is 0 Å². The molecule has 0 spiro atoms. The molecule has 1 fully saturated rings. The van der Waals surface area contributed by atoms with Crippen molar-refractivity contribution in [3.8, 4) is 0 Å². The van der Waals surface area contributed by atoms with Crippen molar-refractivity contribution < 1.29 is 14.3 Å². The summed E-state index contributed by atoms with van der Waals surface area (Å²) in [7, 11) is 0. The number of fused-ring (bicyclic) bond motifs is 2. The molecule has 1 aromatic rings. The number of rotatable bonds is 1. The highest BCUT2D eigenvalue weighted by atomic mass is 32.2. The topological polar surface area (TPSA) is 46.6 Å². The van der Waals surface area contributed by atoms with E-state index < -0.39 is 11.7 Å². The molecule has 2 amide bonds. The first-order chi connectivity index (χ1) is 11.1. The van der Waals surface area contributed by atoms with Crippen LogP contribution < -0.4 is 0 Å². The molecule has 5 heteroatoms. The van der Waals surface area contributed by atoms with Gasteiger partial charge in [0.05, 0.1) is 0 Å². The van der Waals surface area contributed by atoms with Gasteiger partial charge in [-0.05, 0) is 57.7 Å². The van der Waals surface area contributed by atoms with Gasteiger partial charge in [-0.1, -0.05) is 31.7 Å². The van der Waals surface area contributed by atoms with Gasteiger partial charge >= 0.3 is 6.09 Å². The average Bonchev–Trinajstić information content (AvgIpc) is 2.71. The van der Waals surface area contributed by atoms with Crippen LogP contribution in [0.4, 0.5) is 4.79 Å². The highest BCUT2D eigenvalue weighted by Crippen LogP contribution is 2.40. The Balaban J connectivity index is 0.000000214. The van der Waals surface area contributed by atoms with Gasteiger partial charge in [0.25, 0.3) is 0 Å². The third kappa shape index (κ3) is 4.32. The predicted molar refractivity (Wildman–Crippen MR) is 96.2 cm³/mol. The normalized spacial score (nSPS) is 21.8. The second-order valence-electron chi connectivity index (χ2n) is 7.45. The fourth-order valence-electron chi connectivity index (χ4n) is 2.83. The Bertz CT molecular complexity index is 627. The Hall–Kier alpha value is -1.49. The first-order valence-electron chi connectivity index (χ1n) is 8.45. The molecule has 3 aliphatic rings. The summed E-state index contributed by atoms with van der Waals surface area (Å²) in [6, 6.07) is 6.55. The molecule has 4 rings (SSSR count). The summed E-state index contributed by atoms with van der Waals surface area (Å²) in [5.41, 5.74) is 0.857. The standard InChI is InChI=1S/C12H21NO3.C7H6S/c1-6-9-8(2)7-13(10(9)14)11(15)16-12(3,4)5;1-5-2-3-6-4-7(5)8-6/h8-9H,6-7H2,1-5H3;2-4H,1H3. The summed E-state index contributed by atoms with van der Waals surface area (Å²) in [6.45, 7) is 12.0. The van der Waals surface area contributed by atoms with E-state index in [1.807, 2.05) is 25.6 Å². The van der Waals surface area contributed by atoms with E-state index in [1.165, 1.54) is 20.3 Å². The lowest BCUT2D eigenvalue weighted by Gasteiger charge is -2.23. The summed E-state index contributed by atoms with van der Waals surface area (Å²) in [4.78, 5) is 27.8. The zero-order chi connectivity index (χ0) is 18.1. The second kappa shape index (κ2) is 7.18. The van der Waals surface area contributed by atoms with Crippen molar-refractivity contribution in [2.75, 3.05) is 6.54 Å². The lowest BCUT2D eigenvalue weighted by molar-refractivity contribution is -0.130. The van der Waals surface area contributed by atoms with Crippen molar-refractivity contribution >= 4 is 23.8 Å². The SMILES string of the molecule is CCC1C(=O)N(C(=O)OC(C)(C)C)CC1C.Cc1ccc2cc1S2. The lowest BCUT2D eigenvalue weighted by atomic mass is 9.95. The lowest BCUT2D eigenvalue weighted by Crippen LogP contribution is -2.38. The Labute approximate surface area is 148 Å². The molecule has 24 heavy (non-hydrogen) atoms. The summed E-state index contributed by atoms with van der Waals surface area (Å²) in [5.74, 6) is 0.0989. The van der Waals surface area contributed by atoms with Crippen LogP contribution in [0, 0.1) is 18.8 Å². The fraction of sp³-hybridized carbons (Fsp3) is 0.579. The molecular weight excluding hydrogens is 322 g/mol. The van der Waals surface area contributed by atoms with Crippen LogP contribution in [0.3, 0.4) is 0 Å². The van der Waals surface area contributed by atoms with E-state index >= 15 is 0 Å². The molecule has 0 aromatic heterocycles. The number of ether oxygens (including phenoxy) is 1. The number of carbonyl (C=O) groups is 2. The predicted octanol–water partition coefficient (Wildman–Crippen LogP) is 4.89. The van der Waals surface area contributed by atoms with Gasteiger partial charge in [0.15, 0.2) is 0 Å². The van der Waals surface area contributed by atoms with E-state index in [1.54, 1.807) is 20.8 Å². The molecule has 2 bridgehead atoms. The van der Waals surface area contributed by atoms with Gasteiger partial charge in [-0.2, -0.15) is 0 Å². The maximum absolute atomic E-state index is 11.9. The maximum atomic E-state index is 11.9. The molecular formula is C19H27NO3S. The third-order valence-electron chi connectivity index (χ3n) is 4.18. The van der Waals surface area contributed by atoms with Gasteiger partial charge in [0.1, 0.15) is 5.60 Å². The molecule has 1 aromatic carbocycles. The van der Waals surface area contributed by atoms with Crippen LogP contribution in [0.5, 0.6) is 0 Å². The number of benzene rings is 1. The van der Waals surface area contributed by atoms with Gasteiger partial charge in [0, 0.05) is 22.3 Å². The van der Waals surface area contributed by atoms with Crippen molar-refractivity contribution in [3.05, 3.63) is 23.8 Å². The zero-order valence-corrected chi connectivity index (χ0v) is 16.2. The molecule has 1 saturated heterocycles. The van der Waals surface area contributed by atoms with Crippen molar-refractivity contribution in [2.45, 2.75) is 63.4 Å². The molecule has 4 nitrogen and oxygen atoms in total. The van der Waals surface area contributed by atoms with Crippen LogP contribution in [0.15, 0.2) is 28.0 Å². The number of nitrogens with zero attached hydrogens (tertiary/aromatic N) is 1. The quantitative estimate of drug-likeness (QED) is 0.736. The first kappa shape index (κ1) is 18.8. The van der Waals surface area contributed by atoms with E-state index in [4.69, 9.17) is 4.74 Å². The highest BCUT2D eigenvalue weighted by Gasteiger charge is 2.41. The number of carbonyl (C=O) groups excluding carboxylic acids is 2. The van der Waals surface area contributed by atoms with Crippen molar-refractivity contribution in [1.82, 2.24) is 4.90 Å².